The first-order valence-electron chi connectivity index (χ1n) is 10.9. The zero-order valence-corrected chi connectivity index (χ0v) is 20.2. The number of esters is 1. The number of amides is 2. The number of nitrogens with zero attached hydrogens (tertiary/aromatic N) is 2. The van der Waals surface area contributed by atoms with Crippen molar-refractivity contribution in [2.45, 2.75) is 86.4 Å². The normalized spacial score (nSPS) is 23.6. The lowest BCUT2D eigenvalue weighted by Crippen LogP contribution is -2.51. The van der Waals surface area contributed by atoms with Crippen LogP contribution in [0.25, 0.3) is 0 Å². The lowest BCUT2D eigenvalue weighted by atomic mass is 9.84. The van der Waals surface area contributed by atoms with Crippen LogP contribution >= 0.6 is 34.7 Å². The Balaban J connectivity index is 1.61. The van der Waals surface area contributed by atoms with E-state index in [2.05, 4.69) is 26.9 Å². The Morgan fingerprint density at radius 1 is 1.23 bits per heavy atom. The Hall–Kier alpha value is -0.990. The second-order valence-corrected chi connectivity index (χ2v) is 11.2. The number of carbonyl (C=O) groups excluding carboxylic acids is 2. The largest absolute Gasteiger partial charge is 0.468 e. The molecule has 2 aliphatic carbocycles. The van der Waals surface area contributed by atoms with Gasteiger partial charge in [-0.05, 0) is 44.4 Å². The zero-order valence-electron chi connectivity index (χ0n) is 17.8. The summed E-state index contributed by atoms with van der Waals surface area (Å²) in [6, 6.07) is 0.648. The van der Waals surface area contributed by atoms with Crippen LogP contribution in [0.4, 0.5) is 9.93 Å². The molecular formula is C21H32ClN3O3S2. The van der Waals surface area contributed by atoms with Crippen molar-refractivity contribution >= 4 is 51.8 Å². The average molecular weight is 474 g/mol. The van der Waals surface area contributed by atoms with Crippen LogP contribution in [0, 0.1) is 5.92 Å². The van der Waals surface area contributed by atoms with Crippen LogP contribution in [-0.4, -0.2) is 52.2 Å². The van der Waals surface area contributed by atoms with Gasteiger partial charge in [-0.2, -0.15) is 0 Å². The molecule has 30 heavy (non-hydrogen) atoms. The molecule has 6 nitrogen and oxygen atoms in total. The van der Waals surface area contributed by atoms with Crippen LogP contribution in [0.2, 0.25) is 0 Å². The molecule has 1 heterocycles. The summed E-state index contributed by atoms with van der Waals surface area (Å²) >= 11 is 8.87. The topological polar surface area (TPSA) is 71.5 Å². The second kappa shape index (κ2) is 11.6. The first-order valence-corrected chi connectivity index (χ1v) is 13.1. The number of rotatable bonds is 7. The van der Waals surface area contributed by atoms with Gasteiger partial charge in [0.1, 0.15) is 5.38 Å². The fourth-order valence-corrected chi connectivity index (χ4v) is 6.47. The Morgan fingerprint density at radius 3 is 2.57 bits per heavy atom. The van der Waals surface area contributed by atoms with Crippen molar-refractivity contribution in [3.63, 3.8) is 0 Å². The van der Waals surface area contributed by atoms with E-state index in [1.165, 1.54) is 62.3 Å². The molecule has 1 N–H and O–H groups in total. The molecule has 2 fully saturated rings. The van der Waals surface area contributed by atoms with E-state index in [-0.39, 0.29) is 6.03 Å². The van der Waals surface area contributed by atoms with Gasteiger partial charge < -0.3 is 9.64 Å². The van der Waals surface area contributed by atoms with Gasteiger partial charge >= 0.3 is 12.0 Å². The summed E-state index contributed by atoms with van der Waals surface area (Å²) in [5.74, 6) is 0.720. The smallest absolute Gasteiger partial charge is 0.324 e. The molecule has 1 atom stereocenters. The molecule has 1 aromatic rings. The summed E-state index contributed by atoms with van der Waals surface area (Å²) in [7, 11) is 1.33. The number of anilines is 1. The van der Waals surface area contributed by atoms with Crippen LogP contribution in [0.3, 0.4) is 0 Å². The minimum atomic E-state index is -0.698. The number of hydrogen-bond donors (Lipinski definition) is 1. The van der Waals surface area contributed by atoms with Gasteiger partial charge in [0, 0.05) is 17.8 Å². The maximum Gasteiger partial charge on any atom is 0.324 e. The van der Waals surface area contributed by atoms with Gasteiger partial charge in [-0.25, -0.2) is 9.78 Å². The molecule has 0 unspecified atom stereocenters. The van der Waals surface area contributed by atoms with Crippen LogP contribution < -0.4 is 5.32 Å². The molecule has 1 aromatic heterocycles. The van der Waals surface area contributed by atoms with Gasteiger partial charge in [-0.1, -0.05) is 37.5 Å². The van der Waals surface area contributed by atoms with Gasteiger partial charge in [0.15, 0.2) is 5.13 Å². The number of methoxy groups -OCH3 is 1. The van der Waals surface area contributed by atoms with Gasteiger partial charge in [0.05, 0.1) is 17.5 Å². The fourth-order valence-electron chi connectivity index (χ4n) is 4.40. The monoisotopic (exact) mass is 473 g/mol. The maximum atomic E-state index is 13.3. The van der Waals surface area contributed by atoms with Crippen LogP contribution in [0.1, 0.15) is 64.7 Å². The number of carbonyl (C=O) groups is 2. The molecule has 2 amide bonds. The van der Waals surface area contributed by atoms with E-state index in [9.17, 15) is 9.59 Å². The molecule has 0 bridgehead atoms. The van der Waals surface area contributed by atoms with E-state index in [1.807, 2.05) is 0 Å². The standard InChI is InChI=1S/C21H32ClN3O3S2/c1-14-8-10-16(11-9-14)25(15-6-4-3-5-7-15)21(27)24-20-23-12-18(30-20)29-13-17(22)19(26)28-2/h12,14-17H,3-11,13H2,1-2H3,(H,23,24,27)/t14?,16?,17-/m1/s1. The van der Waals surface area contributed by atoms with E-state index in [0.29, 0.717) is 23.0 Å². The molecular weight excluding hydrogens is 442 g/mol. The summed E-state index contributed by atoms with van der Waals surface area (Å²) in [5, 5.41) is 2.94. The third kappa shape index (κ3) is 6.50. The van der Waals surface area contributed by atoms with Gasteiger partial charge in [0.25, 0.3) is 0 Å². The summed E-state index contributed by atoms with van der Waals surface area (Å²) < 4.78 is 5.56. The minimum Gasteiger partial charge on any atom is -0.468 e. The van der Waals surface area contributed by atoms with Gasteiger partial charge in [0.2, 0.25) is 0 Å². The van der Waals surface area contributed by atoms with Crippen molar-refractivity contribution in [3.05, 3.63) is 6.20 Å². The molecule has 0 spiro atoms. The molecule has 2 aliphatic rings. The zero-order chi connectivity index (χ0) is 21.5. The second-order valence-electron chi connectivity index (χ2n) is 8.33. The van der Waals surface area contributed by atoms with Crippen molar-refractivity contribution in [3.8, 4) is 0 Å². The number of thioether (sulfide) groups is 1. The molecule has 0 radical (unpaired) electrons. The molecule has 0 aromatic carbocycles. The van der Waals surface area contributed by atoms with Gasteiger partial charge in [-0.15, -0.1) is 23.4 Å². The van der Waals surface area contributed by atoms with Crippen LogP contribution in [0.15, 0.2) is 10.4 Å². The number of ether oxygens (including phenoxy) is 1. The molecule has 3 rings (SSSR count). The number of halogens is 1. The number of thiazole rings is 1. The summed E-state index contributed by atoms with van der Waals surface area (Å²) in [5.41, 5.74) is 0. The highest BCUT2D eigenvalue weighted by molar-refractivity contribution is 8.01. The number of urea groups is 1. The van der Waals surface area contributed by atoms with Crippen LogP contribution in [-0.2, 0) is 9.53 Å². The molecule has 0 aliphatic heterocycles. The lowest BCUT2D eigenvalue weighted by Gasteiger charge is -2.42. The van der Waals surface area contributed by atoms with Crippen molar-refractivity contribution in [1.29, 1.82) is 0 Å². The number of hydrogen-bond acceptors (Lipinski definition) is 6. The highest BCUT2D eigenvalue weighted by atomic mass is 35.5. The predicted molar refractivity (Wildman–Crippen MR) is 124 cm³/mol. The van der Waals surface area contributed by atoms with E-state index >= 15 is 0 Å². The maximum absolute atomic E-state index is 13.3. The Bertz CT molecular complexity index is 703. The first-order chi connectivity index (χ1) is 14.5. The minimum absolute atomic E-state index is 0.0165. The first kappa shape index (κ1) is 23.7. The quantitative estimate of drug-likeness (QED) is 0.309. The number of alkyl halides is 1. The fraction of sp³-hybridized carbons (Fsp3) is 0.762. The van der Waals surface area contributed by atoms with Crippen molar-refractivity contribution in [2.75, 3.05) is 18.2 Å². The third-order valence-corrected chi connectivity index (χ3v) is 8.82. The lowest BCUT2D eigenvalue weighted by molar-refractivity contribution is -0.139. The van der Waals surface area contributed by atoms with Crippen molar-refractivity contribution < 1.29 is 14.3 Å². The van der Waals surface area contributed by atoms with Crippen molar-refractivity contribution in [2.24, 2.45) is 5.92 Å². The molecule has 0 saturated heterocycles. The highest BCUT2D eigenvalue weighted by Gasteiger charge is 2.34. The summed E-state index contributed by atoms with van der Waals surface area (Å²) in [6.45, 7) is 2.31. The Morgan fingerprint density at radius 2 is 1.90 bits per heavy atom. The summed E-state index contributed by atoms with van der Waals surface area (Å²) in [4.78, 5) is 31.2. The number of nitrogens with one attached hydrogen (secondary N) is 1. The van der Waals surface area contributed by atoms with Crippen molar-refractivity contribution in [1.82, 2.24) is 9.88 Å². The molecule has 168 valence electrons. The predicted octanol–water partition coefficient (Wildman–Crippen LogP) is 5.76. The van der Waals surface area contributed by atoms with Gasteiger partial charge in [-0.3, -0.25) is 10.1 Å². The average Bonchev–Trinajstić information content (AvgIpc) is 3.21. The molecule has 2 saturated carbocycles. The molecule has 9 heteroatoms. The third-order valence-electron chi connectivity index (χ3n) is 6.11. The Labute approximate surface area is 192 Å². The van der Waals surface area contributed by atoms with E-state index in [4.69, 9.17) is 11.6 Å². The SMILES string of the molecule is COC(=O)[C@H](Cl)CSc1cnc(NC(=O)N(C2CCCCC2)C2CCC(C)CC2)s1. The highest BCUT2D eigenvalue weighted by Crippen LogP contribution is 2.34. The Kier molecular flexibility index (Phi) is 9.13. The van der Waals surface area contributed by atoms with Crippen LogP contribution in [0.5, 0.6) is 0 Å². The van der Waals surface area contributed by atoms with E-state index in [0.717, 1.165) is 35.8 Å². The van der Waals surface area contributed by atoms with E-state index in [1.54, 1.807) is 6.20 Å². The van der Waals surface area contributed by atoms with E-state index < -0.39 is 11.3 Å². The summed E-state index contributed by atoms with van der Waals surface area (Å²) in [6.07, 6.45) is 12.2. The number of aromatic nitrogens is 1.